The molecule has 0 aliphatic heterocycles. The molecule has 8 nitrogen and oxygen atoms in total. The molecule has 0 unspecified atom stereocenters. The van der Waals surface area contributed by atoms with Gasteiger partial charge in [0.1, 0.15) is 20.2 Å². The first kappa shape index (κ1) is 26.3. The molecule has 0 bridgehead atoms. The summed E-state index contributed by atoms with van der Waals surface area (Å²) in [4.78, 5) is 23.5. The molecule has 1 aromatic carbocycles. The topological polar surface area (TPSA) is 119 Å². The Morgan fingerprint density at radius 3 is 2.13 bits per heavy atom. The van der Waals surface area contributed by atoms with Crippen molar-refractivity contribution in [3.8, 4) is 0 Å². The van der Waals surface area contributed by atoms with E-state index in [0.717, 1.165) is 18.2 Å². The van der Waals surface area contributed by atoms with Crippen LogP contribution in [0, 0.1) is 0 Å². The molecule has 0 aliphatic carbocycles. The second-order valence-corrected chi connectivity index (χ2v) is 7.43. The molecule has 0 spiro atoms. The molecule has 0 atom stereocenters. The molecule has 0 heterocycles. The predicted molar refractivity (Wildman–Crippen MR) is 96.5 cm³/mol. The van der Waals surface area contributed by atoms with Gasteiger partial charge in [0.05, 0.1) is 5.56 Å². The van der Waals surface area contributed by atoms with Crippen molar-refractivity contribution in [1.29, 1.82) is 0 Å². The highest BCUT2D eigenvalue weighted by Gasteiger charge is 2.76. The number of esters is 1. The second kappa shape index (κ2) is 9.17. The second-order valence-electron chi connectivity index (χ2n) is 5.98. The van der Waals surface area contributed by atoms with E-state index in [4.69, 9.17) is 4.55 Å². The van der Waals surface area contributed by atoms with Gasteiger partial charge in [-0.25, -0.2) is 9.59 Å². The van der Waals surface area contributed by atoms with E-state index in [2.05, 4.69) is 21.4 Å². The minimum absolute atomic E-state index is 0.00135. The van der Waals surface area contributed by atoms with Gasteiger partial charge in [-0.05, 0) is 12.1 Å². The molecular formula is C15H14BF6NO7S. The molecule has 0 aromatic heterocycles. The highest BCUT2D eigenvalue weighted by atomic mass is 32.2. The van der Waals surface area contributed by atoms with Gasteiger partial charge in [-0.15, -0.1) is 0 Å². The lowest BCUT2D eigenvalue weighted by Gasteiger charge is -2.35. The lowest BCUT2D eigenvalue weighted by atomic mass is 9.92. The monoisotopic (exact) mass is 477 g/mol. The summed E-state index contributed by atoms with van der Waals surface area (Å²) >= 11 is 0. The number of rotatable bonds is 7. The first-order chi connectivity index (χ1) is 13.9. The van der Waals surface area contributed by atoms with Gasteiger partial charge in [-0.3, -0.25) is 9.87 Å². The van der Waals surface area contributed by atoms with Crippen molar-refractivity contribution in [2.45, 2.75) is 18.0 Å². The van der Waals surface area contributed by atoms with Gasteiger partial charge in [0.2, 0.25) is 0 Å². The van der Waals surface area contributed by atoms with Crippen molar-refractivity contribution in [3.63, 3.8) is 0 Å². The number of carbonyl (C=O) groups excluding carboxylic acids is 2. The van der Waals surface area contributed by atoms with Crippen LogP contribution in [0.15, 0.2) is 30.9 Å². The van der Waals surface area contributed by atoms with Gasteiger partial charge < -0.3 is 9.47 Å². The fraction of sp³-hybridized carbons (Fsp3) is 0.333. The fourth-order valence-corrected chi connectivity index (χ4v) is 3.06. The van der Waals surface area contributed by atoms with Gasteiger partial charge >= 0.3 is 30.0 Å². The summed E-state index contributed by atoms with van der Waals surface area (Å²) in [6.07, 6.45) is -12.6. The molecule has 0 saturated heterocycles. The third kappa shape index (κ3) is 6.62. The molecule has 1 rings (SSSR count). The van der Waals surface area contributed by atoms with E-state index in [9.17, 15) is 44.3 Å². The van der Waals surface area contributed by atoms with Crippen molar-refractivity contribution in [2.24, 2.45) is 0 Å². The number of hydrogen-bond donors (Lipinski definition) is 2. The summed E-state index contributed by atoms with van der Waals surface area (Å²) < 4.78 is 118. The molecule has 1 amide bonds. The van der Waals surface area contributed by atoms with E-state index in [1.54, 1.807) is 0 Å². The summed E-state index contributed by atoms with van der Waals surface area (Å²) in [6.45, 7) is 3.15. The number of alkyl halides is 6. The van der Waals surface area contributed by atoms with Crippen LogP contribution in [0.5, 0.6) is 0 Å². The standard InChI is InChI=1S/C15H14BF6NO7S/c1-2-5-29-12(25)23-10-4-3-8(6-9(10)16)11(24)30-13(14(17,18)19,15(20,21)22)7-31(26,27)28/h2-4,6H,1,5,7,16H2,(H,23,25)(H,26,27,28). The van der Waals surface area contributed by atoms with Gasteiger partial charge in [0, 0.05) is 5.69 Å². The molecule has 1 aromatic rings. The van der Waals surface area contributed by atoms with Gasteiger partial charge in [-0.1, -0.05) is 24.2 Å². The van der Waals surface area contributed by atoms with Crippen LogP contribution in [-0.2, 0) is 19.6 Å². The highest BCUT2D eigenvalue weighted by molar-refractivity contribution is 7.85. The first-order valence-electron chi connectivity index (χ1n) is 7.91. The number of halogens is 6. The third-order valence-electron chi connectivity index (χ3n) is 3.60. The molecule has 0 fully saturated rings. The molecule has 2 N–H and O–H groups in total. The Labute approximate surface area is 172 Å². The van der Waals surface area contributed by atoms with Crippen LogP contribution in [0.3, 0.4) is 0 Å². The maximum absolute atomic E-state index is 13.2. The minimum atomic E-state index is -6.44. The Morgan fingerprint density at radius 2 is 1.71 bits per heavy atom. The van der Waals surface area contributed by atoms with E-state index in [1.807, 2.05) is 0 Å². The number of benzene rings is 1. The molecule has 16 heteroatoms. The Bertz CT molecular complexity index is 948. The smallest absolute Gasteiger partial charge is 0.438 e. The maximum atomic E-state index is 13.2. The van der Waals surface area contributed by atoms with Crippen LogP contribution in [-0.4, -0.2) is 63.2 Å². The zero-order valence-corrected chi connectivity index (χ0v) is 16.3. The van der Waals surface area contributed by atoms with Crippen LogP contribution in [0.1, 0.15) is 10.4 Å². The molecule has 172 valence electrons. The van der Waals surface area contributed by atoms with Crippen LogP contribution >= 0.6 is 0 Å². The summed E-state index contributed by atoms with van der Waals surface area (Å²) in [7, 11) is -4.65. The van der Waals surface area contributed by atoms with Gasteiger partial charge in [0.25, 0.3) is 10.1 Å². The Hall–Kier alpha value is -2.75. The lowest BCUT2D eigenvalue weighted by molar-refractivity contribution is -0.356. The summed E-state index contributed by atoms with van der Waals surface area (Å²) in [5, 5.41) is 2.21. The summed E-state index contributed by atoms with van der Waals surface area (Å²) in [5.41, 5.74) is -6.33. The number of carbonyl (C=O) groups is 2. The third-order valence-corrected chi connectivity index (χ3v) is 4.37. The average Bonchev–Trinajstić information content (AvgIpc) is 2.57. The van der Waals surface area contributed by atoms with Crippen LogP contribution in [0.2, 0.25) is 0 Å². The lowest BCUT2D eigenvalue weighted by Crippen LogP contribution is -2.63. The van der Waals surface area contributed by atoms with Crippen molar-refractivity contribution in [3.05, 3.63) is 36.4 Å². The van der Waals surface area contributed by atoms with Crippen LogP contribution in [0.4, 0.5) is 36.8 Å². The van der Waals surface area contributed by atoms with Crippen LogP contribution < -0.4 is 10.8 Å². The number of nitrogens with one attached hydrogen (secondary N) is 1. The van der Waals surface area contributed by atoms with Gasteiger partial charge in [0.15, 0.2) is 0 Å². The van der Waals surface area contributed by atoms with Crippen molar-refractivity contribution >= 4 is 41.2 Å². The van der Waals surface area contributed by atoms with Crippen LogP contribution in [0.25, 0.3) is 0 Å². The maximum Gasteiger partial charge on any atom is 0.438 e. The predicted octanol–water partition coefficient (Wildman–Crippen LogP) is 1.59. The fourth-order valence-electron chi connectivity index (χ4n) is 2.16. The summed E-state index contributed by atoms with van der Waals surface area (Å²) in [5.74, 6) is -5.17. The van der Waals surface area contributed by atoms with E-state index in [0.29, 0.717) is 0 Å². The Morgan fingerprint density at radius 1 is 1.16 bits per heavy atom. The van der Waals surface area contributed by atoms with Crippen molar-refractivity contribution in [2.75, 3.05) is 17.7 Å². The highest BCUT2D eigenvalue weighted by Crippen LogP contribution is 2.47. The average molecular weight is 477 g/mol. The molecule has 0 saturated carbocycles. The normalized spacial score (nSPS) is 12.7. The van der Waals surface area contributed by atoms with E-state index < -0.39 is 51.5 Å². The number of amides is 1. The zero-order chi connectivity index (χ0) is 24.3. The SMILES string of the molecule is Bc1cc(C(=O)OC(CS(=O)(=O)O)(C(F)(F)F)C(F)(F)F)ccc1NC(=O)OCC=C. The molecule has 0 radical (unpaired) electrons. The number of ether oxygens (including phenoxy) is 2. The van der Waals surface area contributed by atoms with E-state index in [1.165, 1.54) is 13.9 Å². The Kier molecular flexibility index (Phi) is 7.78. The molecule has 31 heavy (non-hydrogen) atoms. The van der Waals surface area contributed by atoms with E-state index >= 15 is 0 Å². The molecular weight excluding hydrogens is 463 g/mol. The number of anilines is 1. The quantitative estimate of drug-likeness (QED) is 0.201. The van der Waals surface area contributed by atoms with Crippen molar-refractivity contribution < 1.29 is 58.4 Å². The number of hydrogen-bond acceptors (Lipinski definition) is 6. The molecule has 0 aliphatic rings. The summed E-state index contributed by atoms with van der Waals surface area (Å²) in [6, 6.07) is 2.48. The van der Waals surface area contributed by atoms with Gasteiger partial charge in [-0.2, -0.15) is 34.8 Å². The largest absolute Gasteiger partial charge is 0.445 e. The van der Waals surface area contributed by atoms with E-state index in [-0.39, 0.29) is 17.8 Å². The first-order valence-corrected chi connectivity index (χ1v) is 9.52. The Balaban J connectivity index is 3.29. The van der Waals surface area contributed by atoms with Crippen molar-refractivity contribution in [1.82, 2.24) is 0 Å². The minimum Gasteiger partial charge on any atom is -0.445 e. The zero-order valence-electron chi connectivity index (χ0n) is 15.5.